The third kappa shape index (κ3) is 4.85. The Morgan fingerprint density at radius 3 is 2.72 bits per heavy atom. The van der Waals surface area contributed by atoms with Crippen molar-refractivity contribution in [3.05, 3.63) is 30.2 Å². The number of nitrogens with zero attached hydrogens (tertiary/aromatic N) is 4. The average molecular weight is 501 g/mol. The topological polar surface area (TPSA) is 110 Å². The molecule has 5 rings (SSSR count). The number of alkyl halides is 2. The lowest BCUT2D eigenvalue weighted by Gasteiger charge is -2.29. The number of hydrogen-bond donors (Lipinski definition) is 3. The zero-order chi connectivity index (χ0) is 25.2. The number of methoxy groups -OCH3 is 1. The maximum atomic E-state index is 13.2. The van der Waals surface area contributed by atoms with Gasteiger partial charge in [-0.3, -0.25) is 0 Å². The first-order chi connectivity index (χ1) is 17.5. The largest absolute Gasteiger partial charge is 0.480 e. The molecule has 3 heterocycles. The van der Waals surface area contributed by atoms with Gasteiger partial charge in [-0.2, -0.15) is 9.97 Å². The van der Waals surface area contributed by atoms with Crippen molar-refractivity contribution in [2.75, 3.05) is 25.6 Å². The van der Waals surface area contributed by atoms with Gasteiger partial charge in [-0.25, -0.2) is 13.8 Å². The molecule has 1 aliphatic carbocycles. The molecule has 9 nitrogen and oxygen atoms in total. The Balaban J connectivity index is 1.42. The third-order valence-electron chi connectivity index (χ3n) is 6.71. The second-order valence-electron chi connectivity index (χ2n) is 9.06. The Kier molecular flexibility index (Phi) is 7.01. The second-order valence-corrected chi connectivity index (χ2v) is 9.06. The van der Waals surface area contributed by atoms with E-state index in [9.17, 15) is 8.78 Å². The molecule has 4 aromatic rings. The molecule has 1 aliphatic rings. The standard InChI is InChI=1S/C25H30F2N6O3/c1-14-29-19-8-3-15(11-20(19)33(14)13-21(26)27)18-12-28-23-22(18)24(35-2)32-25(31-23)30-16-4-6-17(7-5-16)36-10-9-34/h3,8,11-12,16-17,21,34H,4-7,9-10,13H2,1-2H3,(H2,28,30,31,32)/t16-,17+. The Morgan fingerprint density at radius 1 is 1.19 bits per heavy atom. The van der Waals surface area contributed by atoms with Crippen LogP contribution >= 0.6 is 0 Å². The SMILES string of the molecule is COc1nc(N[C@H]2CC[C@@H](OCCO)CC2)nc2[nH]cc(-c3ccc4nc(C)n(CC(F)F)c4c3)c12. The zero-order valence-corrected chi connectivity index (χ0v) is 20.3. The minimum absolute atomic E-state index is 0.0385. The molecule has 0 amide bonds. The normalized spacial score (nSPS) is 18.4. The van der Waals surface area contributed by atoms with E-state index in [4.69, 9.17) is 14.6 Å². The smallest absolute Gasteiger partial charge is 0.256 e. The monoisotopic (exact) mass is 500 g/mol. The third-order valence-corrected chi connectivity index (χ3v) is 6.71. The van der Waals surface area contributed by atoms with Crippen LogP contribution in [0.3, 0.4) is 0 Å². The van der Waals surface area contributed by atoms with Crippen LogP contribution in [0.4, 0.5) is 14.7 Å². The first-order valence-electron chi connectivity index (χ1n) is 12.1. The number of H-pyrrole nitrogens is 1. The second kappa shape index (κ2) is 10.4. The number of benzene rings is 1. The van der Waals surface area contributed by atoms with Crippen molar-refractivity contribution < 1.29 is 23.4 Å². The number of nitrogens with one attached hydrogen (secondary N) is 2. The van der Waals surface area contributed by atoms with Crippen LogP contribution in [0, 0.1) is 6.92 Å². The van der Waals surface area contributed by atoms with Crippen molar-refractivity contribution in [1.82, 2.24) is 24.5 Å². The predicted octanol–water partition coefficient (Wildman–Crippen LogP) is 4.29. The zero-order valence-electron chi connectivity index (χ0n) is 20.3. The first kappa shape index (κ1) is 24.4. The van der Waals surface area contributed by atoms with E-state index in [-0.39, 0.29) is 18.8 Å². The maximum Gasteiger partial charge on any atom is 0.256 e. The number of fused-ring (bicyclic) bond motifs is 2. The molecule has 0 radical (unpaired) electrons. The van der Waals surface area contributed by atoms with Gasteiger partial charge in [0, 0.05) is 17.8 Å². The van der Waals surface area contributed by atoms with Crippen LogP contribution in [-0.2, 0) is 11.3 Å². The van der Waals surface area contributed by atoms with Gasteiger partial charge in [0.15, 0.2) is 0 Å². The molecule has 11 heteroatoms. The van der Waals surface area contributed by atoms with E-state index in [1.165, 1.54) is 4.57 Å². The van der Waals surface area contributed by atoms with Gasteiger partial charge in [0.2, 0.25) is 11.8 Å². The number of aliphatic hydroxyl groups is 1. The summed E-state index contributed by atoms with van der Waals surface area (Å²) in [5, 5.41) is 13.1. The summed E-state index contributed by atoms with van der Waals surface area (Å²) in [5.74, 6) is 1.46. The molecule has 1 saturated carbocycles. The summed E-state index contributed by atoms with van der Waals surface area (Å²) >= 11 is 0. The van der Waals surface area contributed by atoms with Crippen LogP contribution in [-0.4, -0.2) is 68.5 Å². The van der Waals surface area contributed by atoms with Crippen LogP contribution < -0.4 is 10.1 Å². The molecule has 0 saturated heterocycles. The Bertz CT molecular complexity index is 1350. The minimum Gasteiger partial charge on any atom is -0.480 e. The summed E-state index contributed by atoms with van der Waals surface area (Å²) < 4.78 is 39.1. The number of hydrogen-bond acceptors (Lipinski definition) is 7. The number of halogens is 2. The molecule has 3 aromatic heterocycles. The summed E-state index contributed by atoms with van der Waals surface area (Å²) in [4.78, 5) is 16.9. The number of aromatic nitrogens is 5. The van der Waals surface area contributed by atoms with Crippen LogP contribution in [0.25, 0.3) is 33.2 Å². The summed E-state index contributed by atoms with van der Waals surface area (Å²) in [7, 11) is 1.57. The average Bonchev–Trinajstić information content (AvgIpc) is 3.43. The lowest BCUT2D eigenvalue weighted by atomic mass is 9.93. The maximum absolute atomic E-state index is 13.2. The lowest BCUT2D eigenvalue weighted by molar-refractivity contribution is 0.00719. The van der Waals surface area contributed by atoms with Crippen molar-refractivity contribution in [2.45, 2.75) is 57.7 Å². The van der Waals surface area contributed by atoms with Crippen LogP contribution in [0.15, 0.2) is 24.4 Å². The molecule has 0 bridgehead atoms. The van der Waals surface area contributed by atoms with E-state index in [0.29, 0.717) is 40.9 Å². The molecular weight excluding hydrogens is 470 g/mol. The molecular formula is C25H30F2N6O3. The molecule has 0 atom stereocenters. The van der Waals surface area contributed by atoms with E-state index >= 15 is 0 Å². The summed E-state index contributed by atoms with van der Waals surface area (Å²) in [6, 6.07) is 5.83. The number of rotatable bonds is 9. The van der Waals surface area contributed by atoms with E-state index in [2.05, 4.69) is 25.3 Å². The van der Waals surface area contributed by atoms with Crippen molar-refractivity contribution in [1.29, 1.82) is 0 Å². The fourth-order valence-electron chi connectivity index (χ4n) is 4.99. The number of imidazole rings is 1. The number of aryl methyl sites for hydroxylation is 1. The van der Waals surface area contributed by atoms with Gasteiger partial charge < -0.3 is 29.4 Å². The molecule has 192 valence electrons. The highest BCUT2D eigenvalue weighted by atomic mass is 19.3. The number of aromatic amines is 1. The van der Waals surface area contributed by atoms with E-state index < -0.39 is 13.0 Å². The summed E-state index contributed by atoms with van der Waals surface area (Å²) in [6.07, 6.45) is 3.19. The molecule has 1 aromatic carbocycles. The number of aliphatic hydroxyl groups excluding tert-OH is 1. The predicted molar refractivity (Wildman–Crippen MR) is 133 cm³/mol. The fourth-order valence-corrected chi connectivity index (χ4v) is 4.99. The van der Waals surface area contributed by atoms with Crippen LogP contribution in [0.1, 0.15) is 31.5 Å². The molecule has 36 heavy (non-hydrogen) atoms. The van der Waals surface area contributed by atoms with Gasteiger partial charge >= 0.3 is 0 Å². The van der Waals surface area contributed by atoms with Crippen molar-refractivity contribution >= 4 is 28.0 Å². The number of ether oxygens (including phenoxy) is 2. The first-order valence-corrected chi connectivity index (χ1v) is 12.1. The molecule has 0 aliphatic heterocycles. The Labute approximate surface area is 206 Å². The highest BCUT2D eigenvalue weighted by molar-refractivity contribution is 5.99. The van der Waals surface area contributed by atoms with Crippen molar-refractivity contribution in [3.8, 4) is 17.0 Å². The minimum atomic E-state index is -2.47. The molecule has 1 fully saturated rings. The quantitative estimate of drug-likeness (QED) is 0.315. The van der Waals surface area contributed by atoms with Gasteiger partial charge in [-0.15, -0.1) is 0 Å². The summed E-state index contributed by atoms with van der Waals surface area (Å²) in [5.41, 5.74) is 3.59. The van der Waals surface area contributed by atoms with Crippen LogP contribution in [0.2, 0.25) is 0 Å². The van der Waals surface area contributed by atoms with Crippen molar-refractivity contribution in [2.24, 2.45) is 0 Å². The molecule has 0 unspecified atom stereocenters. The number of anilines is 1. The summed E-state index contributed by atoms with van der Waals surface area (Å²) in [6.45, 7) is 1.73. The van der Waals surface area contributed by atoms with Gasteiger partial charge in [0.25, 0.3) is 6.43 Å². The van der Waals surface area contributed by atoms with Gasteiger partial charge in [-0.1, -0.05) is 6.07 Å². The van der Waals surface area contributed by atoms with Gasteiger partial charge in [0.05, 0.1) is 49.4 Å². The highest BCUT2D eigenvalue weighted by Gasteiger charge is 2.23. The van der Waals surface area contributed by atoms with E-state index in [1.54, 1.807) is 14.0 Å². The molecule has 0 spiro atoms. The molecule has 3 N–H and O–H groups in total. The van der Waals surface area contributed by atoms with Gasteiger partial charge in [-0.05, 0) is 50.3 Å². The Hall–Kier alpha value is -3.31. The highest BCUT2D eigenvalue weighted by Crippen LogP contribution is 2.36. The van der Waals surface area contributed by atoms with E-state index in [0.717, 1.165) is 42.2 Å². The van der Waals surface area contributed by atoms with Crippen LogP contribution in [0.5, 0.6) is 5.88 Å². The van der Waals surface area contributed by atoms with Crippen molar-refractivity contribution in [3.63, 3.8) is 0 Å². The van der Waals surface area contributed by atoms with Gasteiger partial charge in [0.1, 0.15) is 11.5 Å². The fraction of sp³-hybridized carbons (Fsp3) is 0.480. The van der Waals surface area contributed by atoms with E-state index in [1.807, 2.05) is 24.4 Å². The Morgan fingerprint density at radius 2 is 2.00 bits per heavy atom. The lowest BCUT2D eigenvalue weighted by Crippen LogP contribution is -2.30.